The Balaban J connectivity index is 2.19. The minimum absolute atomic E-state index is 0.0762. The molecule has 0 fully saturated rings. The molecule has 0 atom stereocenters. The molecule has 0 aromatic heterocycles. The van der Waals surface area contributed by atoms with Crippen LogP contribution in [0.5, 0.6) is 5.75 Å². The van der Waals surface area contributed by atoms with Gasteiger partial charge >= 0.3 is 6.61 Å². The average Bonchev–Trinajstić information content (AvgIpc) is 2.55. The van der Waals surface area contributed by atoms with E-state index in [1.54, 1.807) is 44.2 Å². The lowest BCUT2D eigenvalue weighted by Crippen LogP contribution is -2.46. The highest BCUT2D eigenvalue weighted by molar-refractivity contribution is 5.95. The van der Waals surface area contributed by atoms with Gasteiger partial charge in [-0.3, -0.25) is 4.79 Å². The van der Waals surface area contributed by atoms with Crippen LogP contribution in [0.1, 0.15) is 24.2 Å². The van der Waals surface area contributed by atoms with Crippen LogP contribution in [0.15, 0.2) is 48.5 Å². The van der Waals surface area contributed by atoms with Crippen molar-refractivity contribution in [1.82, 2.24) is 5.32 Å². The minimum atomic E-state index is -2.86. The van der Waals surface area contributed by atoms with Crippen LogP contribution in [-0.2, 0) is 0 Å². The van der Waals surface area contributed by atoms with Gasteiger partial charge in [0.2, 0.25) is 0 Å². The third-order valence-electron chi connectivity index (χ3n) is 3.38. The first-order chi connectivity index (χ1) is 11.3. The van der Waals surface area contributed by atoms with Gasteiger partial charge < -0.3 is 15.2 Å². The molecule has 0 radical (unpaired) electrons. The van der Waals surface area contributed by atoms with Gasteiger partial charge in [-0.05, 0) is 49.2 Å². The quantitative estimate of drug-likeness (QED) is 0.850. The highest BCUT2D eigenvalue weighted by Crippen LogP contribution is 2.24. The van der Waals surface area contributed by atoms with Gasteiger partial charge in [0.05, 0.1) is 12.1 Å². The van der Waals surface area contributed by atoms with E-state index in [9.17, 15) is 18.7 Å². The summed E-state index contributed by atoms with van der Waals surface area (Å²) in [5.74, 6) is -0.221. The maximum Gasteiger partial charge on any atom is 0.387 e. The Bertz CT molecular complexity index is 700. The number of ether oxygens (including phenoxy) is 1. The molecule has 0 heterocycles. The molecule has 0 unspecified atom stereocenters. The normalized spacial score (nSPS) is 11.4. The van der Waals surface area contributed by atoms with Gasteiger partial charge in [0.25, 0.3) is 5.91 Å². The summed E-state index contributed by atoms with van der Waals surface area (Å²) in [6.45, 7) is 0.398. The molecule has 2 aromatic carbocycles. The number of rotatable bonds is 6. The zero-order chi connectivity index (χ0) is 17.7. The predicted octanol–water partition coefficient (Wildman–Crippen LogP) is 3.46. The second-order valence-corrected chi connectivity index (χ2v) is 5.98. The lowest BCUT2D eigenvalue weighted by Gasteiger charge is -2.23. The zero-order valence-electron chi connectivity index (χ0n) is 13.4. The topological polar surface area (TPSA) is 58.6 Å². The molecule has 4 nitrogen and oxygen atoms in total. The van der Waals surface area contributed by atoms with Crippen molar-refractivity contribution in [2.24, 2.45) is 0 Å². The fraction of sp³-hybridized carbons (Fsp3) is 0.278. The van der Waals surface area contributed by atoms with Crippen LogP contribution >= 0.6 is 0 Å². The summed E-state index contributed by atoms with van der Waals surface area (Å²) in [7, 11) is 0. The standard InChI is InChI=1S/C18H19F2NO3/c1-18(2,11-22)21-16(23)14-5-3-4-13(10-14)12-6-8-15(9-7-12)24-17(19)20/h3-10,17,22H,11H2,1-2H3,(H,21,23). The van der Waals surface area contributed by atoms with E-state index in [4.69, 9.17) is 0 Å². The van der Waals surface area contributed by atoms with Gasteiger partial charge in [0, 0.05) is 5.56 Å². The number of nitrogens with one attached hydrogen (secondary N) is 1. The number of halogens is 2. The van der Waals surface area contributed by atoms with Crippen LogP contribution < -0.4 is 10.1 Å². The second-order valence-electron chi connectivity index (χ2n) is 5.98. The van der Waals surface area contributed by atoms with Gasteiger partial charge in [0.1, 0.15) is 5.75 Å². The summed E-state index contributed by atoms with van der Waals surface area (Å²) >= 11 is 0. The maximum atomic E-state index is 12.3. The number of amides is 1. The lowest BCUT2D eigenvalue weighted by molar-refractivity contribution is -0.0498. The monoisotopic (exact) mass is 335 g/mol. The summed E-state index contributed by atoms with van der Waals surface area (Å²) in [4.78, 5) is 12.3. The van der Waals surface area contributed by atoms with E-state index in [-0.39, 0.29) is 18.3 Å². The SMILES string of the molecule is CC(C)(CO)NC(=O)c1cccc(-c2ccc(OC(F)F)cc2)c1. The minimum Gasteiger partial charge on any atom is -0.435 e. The van der Waals surface area contributed by atoms with Crippen LogP contribution in [0.4, 0.5) is 8.78 Å². The molecule has 0 saturated carbocycles. The van der Waals surface area contributed by atoms with Gasteiger partial charge in [0.15, 0.2) is 0 Å². The van der Waals surface area contributed by atoms with E-state index in [0.717, 1.165) is 11.1 Å². The highest BCUT2D eigenvalue weighted by atomic mass is 19.3. The molecule has 0 aliphatic heterocycles. The van der Waals surface area contributed by atoms with Crippen molar-refractivity contribution in [3.05, 3.63) is 54.1 Å². The van der Waals surface area contributed by atoms with E-state index < -0.39 is 12.2 Å². The number of aliphatic hydroxyl groups is 1. The van der Waals surface area contributed by atoms with Crippen molar-refractivity contribution in [2.45, 2.75) is 26.0 Å². The van der Waals surface area contributed by atoms with Crippen LogP contribution in [0, 0.1) is 0 Å². The first-order valence-corrected chi connectivity index (χ1v) is 7.39. The Labute approximate surface area is 139 Å². The average molecular weight is 335 g/mol. The van der Waals surface area contributed by atoms with Crippen LogP contribution in [0.3, 0.4) is 0 Å². The van der Waals surface area contributed by atoms with Gasteiger partial charge in [-0.2, -0.15) is 8.78 Å². The van der Waals surface area contributed by atoms with E-state index >= 15 is 0 Å². The molecule has 2 rings (SSSR count). The lowest BCUT2D eigenvalue weighted by atomic mass is 10.0. The van der Waals surface area contributed by atoms with Crippen LogP contribution in [0.2, 0.25) is 0 Å². The van der Waals surface area contributed by atoms with Crippen LogP contribution in [-0.4, -0.2) is 29.8 Å². The molecule has 6 heteroatoms. The van der Waals surface area contributed by atoms with Crippen molar-refractivity contribution in [1.29, 1.82) is 0 Å². The smallest absolute Gasteiger partial charge is 0.387 e. The first kappa shape index (κ1) is 17.9. The highest BCUT2D eigenvalue weighted by Gasteiger charge is 2.20. The van der Waals surface area contributed by atoms with Gasteiger partial charge in [-0.1, -0.05) is 24.3 Å². The summed E-state index contributed by atoms with van der Waals surface area (Å²) < 4.78 is 28.6. The van der Waals surface area contributed by atoms with Gasteiger partial charge in [-0.15, -0.1) is 0 Å². The van der Waals surface area contributed by atoms with Crippen molar-refractivity contribution >= 4 is 5.91 Å². The van der Waals surface area contributed by atoms with E-state index in [1.807, 2.05) is 6.07 Å². The van der Waals surface area contributed by atoms with Gasteiger partial charge in [-0.25, -0.2) is 0 Å². The Hall–Kier alpha value is -2.47. The third kappa shape index (κ3) is 4.76. The molecule has 128 valence electrons. The number of aliphatic hydroxyl groups excluding tert-OH is 1. The van der Waals surface area contributed by atoms with E-state index in [1.165, 1.54) is 12.1 Å². The molecule has 24 heavy (non-hydrogen) atoms. The van der Waals surface area contributed by atoms with E-state index in [0.29, 0.717) is 5.56 Å². The molecule has 0 spiro atoms. The van der Waals surface area contributed by atoms with Crippen molar-refractivity contribution in [2.75, 3.05) is 6.61 Å². The summed E-state index contributed by atoms with van der Waals surface area (Å²) in [5, 5.41) is 12.0. The molecule has 0 aliphatic rings. The van der Waals surface area contributed by atoms with Crippen molar-refractivity contribution in [3.8, 4) is 16.9 Å². The van der Waals surface area contributed by atoms with Crippen LogP contribution in [0.25, 0.3) is 11.1 Å². The third-order valence-corrected chi connectivity index (χ3v) is 3.38. The Morgan fingerprint density at radius 3 is 2.42 bits per heavy atom. The largest absolute Gasteiger partial charge is 0.435 e. The Morgan fingerprint density at radius 1 is 1.17 bits per heavy atom. The number of carbonyl (C=O) groups is 1. The number of alkyl halides is 2. The molecule has 1 amide bonds. The number of hydrogen-bond acceptors (Lipinski definition) is 3. The number of hydrogen-bond donors (Lipinski definition) is 2. The molecule has 0 saturated heterocycles. The fourth-order valence-corrected chi connectivity index (χ4v) is 2.09. The molecule has 2 aromatic rings. The molecule has 0 bridgehead atoms. The summed E-state index contributed by atoms with van der Waals surface area (Å²) in [6, 6.07) is 13.1. The molecular formula is C18H19F2NO3. The summed E-state index contributed by atoms with van der Waals surface area (Å²) in [5.41, 5.74) is 1.27. The second kappa shape index (κ2) is 7.40. The molecule has 0 aliphatic carbocycles. The first-order valence-electron chi connectivity index (χ1n) is 7.39. The van der Waals surface area contributed by atoms with E-state index in [2.05, 4.69) is 10.1 Å². The molecular weight excluding hydrogens is 316 g/mol. The van der Waals surface area contributed by atoms with Crippen molar-refractivity contribution < 1.29 is 23.4 Å². The number of carbonyl (C=O) groups excluding carboxylic acids is 1. The summed E-state index contributed by atoms with van der Waals surface area (Å²) in [6.07, 6.45) is 0. The number of benzene rings is 2. The maximum absolute atomic E-state index is 12.3. The van der Waals surface area contributed by atoms with Crippen molar-refractivity contribution in [3.63, 3.8) is 0 Å². The Morgan fingerprint density at radius 2 is 1.83 bits per heavy atom. The fourth-order valence-electron chi connectivity index (χ4n) is 2.09. The Kier molecular flexibility index (Phi) is 5.51. The molecule has 2 N–H and O–H groups in total. The zero-order valence-corrected chi connectivity index (χ0v) is 13.4. The predicted molar refractivity (Wildman–Crippen MR) is 87.1 cm³/mol.